The van der Waals surface area contributed by atoms with Crippen LogP contribution in [0.2, 0.25) is 0 Å². The molecule has 0 atom stereocenters. The average molecular weight is 351 g/mol. The Morgan fingerprint density at radius 3 is 2.00 bits per heavy atom. The Labute approximate surface area is 150 Å². The summed E-state index contributed by atoms with van der Waals surface area (Å²) < 4.78 is 4.77. The standard InChI is InChI=1S/C20H17NO3S/c1-24-20(23)18-16(12-13-25-18)21-19(22)17(14-8-4-2-5-9-14)15-10-6-3-7-11-15/h2-13,17H,1H3,(H,21,22). The van der Waals surface area contributed by atoms with Gasteiger partial charge in [0.25, 0.3) is 0 Å². The number of ether oxygens (including phenoxy) is 1. The third-order valence-electron chi connectivity index (χ3n) is 3.82. The second-order valence-electron chi connectivity index (χ2n) is 5.40. The Balaban J connectivity index is 1.93. The van der Waals surface area contributed by atoms with Crippen molar-refractivity contribution in [1.29, 1.82) is 0 Å². The van der Waals surface area contributed by atoms with Gasteiger partial charge in [-0.15, -0.1) is 11.3 Å². The predicted molar refractivity (Wildman–Crippen MR) is 99.0 cm³/mol. The van der Waals surface area contributed by atoms with Gasteiger partial charge in [0.15, 0.2) is 0 Å². The maximum Gasteiger partial charge on any atom is 0.350 e. The number of hydrogen-bond acceptors (Lipinski definition) is 4. The quantitative estimate of drug-likeness (QED) is 0.697. The third kappa shape index (κ3) is 3.78. The fourth-order valence-corrected chi connectivity index (χ4v) is 3.42. The minimum atomic E-state index is -0.465. The van der Waals surface area contributed by atoms with Crippen molar-refractivity contribution in [2.24, 2.45) is 0 Å². The molecule has 0 saturated carbocycles. The van der Waals surface area contributed by atoms with E-state index in [1.807, 2.05) is 60.7 Å². The first-order valence-corrected chi connectivity index (χ1v) is 8.65. The third-order valence-corrected chi connectivity index (χ3v) is 4.72. The van der Waals surface area contributed by atoms with E-state index in [1.165, 1.54) is 18.4 Å². The maximum absolute atomic E-state index is 13.0. The molecular formula is C20H17NO3S. The van der Waals surface area contributed by atoms with E-state index in [4.69, 9.17) is 4.74 Å². The van der Waals surface area contributed by atoms with E-state index in [1.54, 1.807) is 11.4 Å². The zero-order valence-electron chi connectivity index (χ0n) is 13.6. The number of amides is 1. The van der Waals surface area contributed by atoms with Gasteiger partial charge in [-0.05, 0) is 22.6 Å². The number of nitrogens with one attached hydrogen (secondary N) is 1. The fourth-order valence-electron chi connectivity index (χ4n) is 2.65. The molecule has 5 heteroatoms. The van der Waals surface area contributed by atoms with Gasteiger partial charge in [-0.25, -0.2) is 4.79 Å². The molecule has 4 nitrogen and oxygen atoms in total. The monoisotopic (exact) mass is 351 g/mol. The lowest BCUT2D eigenvalue weighted by atomic mass is 9.90. The molecule has 0 radical (unpaired) electrons. The summed E-state index contributed by atoms with van der Waals surface area (Å²) in [4.78, 5) is 25.2. The predicted octanol–water partition coefficient (Wildman–Crippen LogP) is 4.31. The Morgan fingerprint density at radius 2 is 1.48 bits per heavy atom. The number of thiophene rings is 1. The molecule has 0 saturated heterocycles. The first-order chi connectivity index (χ1) is 12.2. The average Bonchev–Trinajstić information content (AvgIpc) is 3.11. The molecule has 1 aromatic heterocycles. The molecule has 2 aromatic carbocycles. The second kappa shape index (κ2) is 7.77. The zero-order chi connectivity index (χ0) is 17.6. The smallest absolute Gasteiger partial charge is 0.350 e. The Hall–Kier alpha value is -2.92. The lowest BCUT2D eigenvalue weighted by Crippen LogP contribution is -2.23. The summed E-state index contributed by atoms with van der Waals surface area (Å²) in [6.45, 7) is 0. The molecular weight excluding hydrogens is 334 g/mol. The normalized spacial score (nSPS) is 10.5. The van der Waals surface area contributed by atoms with Crippen molar-refractivity contribution in [2.45, 2.75) is 5.92 Å². The molecule has 0 aliphatic rings. The first-order valence-electron chi connectivity index (χ1n) is 7.77. The van der Waals surface area contributed by atoms with Crippen molar-refractivity contribution in [3.05, 3.63) is 88.1 Å². The molecule has 0 bridgehead atoms. The lowest BCUT2D eigenvalue weighted by molar-refractivity contribution is -0.116. The van der Waals surface area contributed by atoms with Gasteiger partial charge in [-0.2, -0.15) is 0 Å². The molecule has 0 aliphatic carbocycles. The van der Waals surface area contributed by atoms with Crippen LogP contribution in [-0.2, 0) is 9.53 Å². The van der Waals surface area contributed by atoms with E-state index < -0.39 is 11.9 Å². The molecule has 0 unspecified atom stereocenters. The number of methoxy groups -OCH3 is 1. The molecule has 0 fully saturated rings. The highest BCUT2D eigenvalue weighted by Gasteiger charge is 2.24. The van der Waals surface area contributed by atoms with E-state index in [0.717, 1.165) is 11.1 Å². The van der Waals surface area contributed by atoms with Crippen molar-refractivity contribution in [3.63, 3.8) is 0 Å². The molecule has 1 heterocycles. The van der Waals surface area contributed by atoms with E-state index in [0.29, 0.717) is 10.6 Å². The van der Waals surface area contributed by atoms with Crippen LogP contribution in [0.3, 0.4) is 0 Å². The number of carbonyl (C=O) groups is 2. The summed E-state index contributed by atoms with van der Waals surface area (Å²) >= 11 is 1.24. The summed E-state index contributed by atoms with van der Waals surface area (Å²) in [5.74, 6) is -1.12. The van der Waals surface area contributed by atoms with Crippen molar-refractivity contribution in [2.75, 3.05) is 12.4 Å². The van der Waals surface area contributed by atoms with Crippen molar-refractivity contribution in [1.82, 2.24) is 0 Å². The fraction of sp³-hybridized carbons (Fsp3) is 0.100. The molecule has 0 aliphatic heterocycles. The Morgan fingerprint density at radius 1 is 0.920 bits per heavy atom. The van der Waals surface area contributed by atoms with Gasteiger partial charge >= 0.3 is 5.97 Å². The van der Waals surface area contributed by atoms with Crippen LogP contribution < -0.4 is 5.32 Å². The molecule has 25 heavy (non-hydrogen) atoms. The van der Waals surface area contributed by atoms with Gasteiger partial charge in [-0.3, -0.25) is 4.79 Å². The van der Waals surface area contributed by atoms with Crippen LogP contribution in [-0.4, -0.2) is 19.0 Å². The molecule has 126 valence electrons. The number of carbonyl (C=O) groups excluding carboxylic acids is 2. The van der Waals surface area contributed by atoms with Crippen molar-refractivity contribution < 1.29 is 14.3 Å². The molecule has 3 aromatic rings. The van der Waals surface area contributed by atoms with E-state index in [9.17, 15) is 9.59 Å². The van der Waals surface area contributed by atoms with E-state index in [-0.39, 0.29) is 5.91 Å². The van der Waals surface area contributed by atoms with E-state index in [2.05, 4.69) is 5.32 Å². The summed E-state index contributed by atoms with van der Waals surface area (Å²) in [5, 5.41) is 4.63. The highest BCUT2D eigenvalue weighted by atomic mass is 32.1. The summed E-state index contributed by atoms with van der Waals surface area (Å²) in [5.41, 5.74) is 2.25. The Bertz CT molecular complexity index is 819. The minimum absolute atomic E-state index is 0.194. The van der Waals surface area contributed by atoms with Crippen LogP contribution in [0.15, 0.2) is 72.1 Å². The van der Waals surface area contributed by atoms with Crippen LogP contribution in [0.25, 0.3) is 0 Å². The van der Waals surface area contributed by atoms with Gasteiger partial charge in [0.05, 0.1) is 18.7 Å². The van der Waals surface area contributed by atoms with Crippen LogP contribution in [0, 0.1) is 0 Å². The number of benzene rings is 2. The van der Waals surface area contributed by atoms with Gasteiger partial charge < -0.3 is 10.1 Å². The zero-order valence-corrected chi connectivity index (χ0v) is 14.5. The van der Waals surface area contributed by atoms with Gasteiger partial charge in [0.2, 0.25) is 5.91 Å². The topological polar surface area (TPSA) is 55.4 Å². The number of esters is 1. The summed E-state index contributed by atoms with van der Waals surface area (Å²) in [6.07, 6.45) is 0. The maximum atomic E-state index is 13.0. The van der Waals surface area contributed by atoms with Crippen LogP contribution in [0.1, 0.15) is 26.7 Å². The van der Waals surface area contributed by atoms with Crippen LogP contribution in [0.4, 0.5) is 5.69 Å². The summed E-state index contributed by atoms with van der Waals surface area (Å²) in [7, 11) is 1.32. The minimum Gasteiger partial charge on any atom is -0.465 e. The van der Waals surface area contributed by atoms with E-state index >= 15 is 0 Å². The highest BCUT2D eigenvalue weighted by Crippen LogP contribution is 2.29. The first kappa shape index (κ1) is 16.9. The SMILES string of the molecule is COC(=O)c1sccc1NC(=O)C(c1ccccc1)c1ccccc1. The molecule has 0 spiro atoms. The molecule has 1 N–H and O–H groups in total. The largest absolute Gasteiger partial charge is 0.465 e. The number of rotatable bonds is 5. The van der Waals surface area contributed by atoms with Crippen molar-refractivity contribution in [3.8, 4) is 0 Å². The molecule has 1 amide bonds. The van der Waals surface area contributed by atoms with Gasteiger partial charge in [-0.1, -0.05) is 60.7 Å². The number of hydrogen-bond donors (Lipinski definition) is 1. The van der Waals surface area contributed by atoms with Crippen LogP contribution in [0.5, 0.6) is 0 Å². The van der Waals surface area contributed by atoms with Gasteiger partial charge in [0, 0.05) is 0 Å². The van der Waals surface area contributed by atoms with Gasteiger partial charge in [0.1, 0.15) is 4.88 Å². The Kier molecular flexibility index (Phi) is 5.26. The lowest BCUT2D eigenvalue weighted by Gasteiger charge is -2.18. The molecule has 3 rings (SSSR count). The van der Waals surface area contributed by atoms with Crippen LogP contribution >= 0.6 is 11.3 Å². The number of anilines is 1. The summed E-state index contributed by atoms with van der Waals surface area (Å²) in [6, 6.07) is 20.9. The highest BCUT2D eigenvalue weighted by molar-refractivity contribution is 7.12. The van der Waals surface area contributed by atoms with Crippen molar-refractivity contribution >= 4 is 28.9 Å². The second-order valence-corrected chi connectivity index (χ2v) is 6.31.